The molecule has 2 aromatic heterocycles. The van der Waals surface area contributed by atoms with Crippen molar-refractivity contribution in [3.05, 3.63) is 72.2 Å². The summed E-state index contributed by atoms with van der Waals surface area (Å²) in [5, 5.41) is 6.19. The summed E-state index contributed by atoms with van der Waals surface area (Å²) in [6, 6.07) is 13.3. The lowest BCUT2D eigenvalue weighted by molar-refractivity contribution is 0.0919. The molecule has 0 saturated carbocycles. The molecule has 0 saturated heterocycles. The van der Waals surface area contributed by atoms with E-state index < -0.39 is 0 Å². The van der Waals surface area contributed by atoms with Crippen molar-refractivity contribution in [3.63, 3.8) is 0 Å². The zero-order chi connectivity index (χ0) is 28.9. The first-order valence-corrected chi connectivity index (χ1v) is 13.3. The van der Waals surface area contributed by atoms with E-state index in [9.17, 15) is 4.79 Å². The maximum absolute atomic E-state index is 12.6. The number of benzene rings is 2. The van der Waals surface area contributed by atoms with Crippen LogP contribution in [0.2, 0.25) is 0 Å². The van der Waals surface area contributed by atoms with Crippen LogP contribution in [0.1, 0.15) is 15.9 Å². The average molecular weight is 558 g/mol. The number of hydrogen-bond acceptors (Lipinski definition) is 9. The molecule has 6 N–H and O–H groups in total. The molecule has 0 atom stereocenters. The lowest BCUT2D eigenvalue weighted by Crippen LogP contribution is -2.28. The minimum Gasteiger partial charge on any atom is -0.481 e. The van der Waals surface area contributed by atoms with Gasteiger partial charge in [-0.05, 0) is 55.0 Å². The Bertz CT molecular complexity index is 1490. The van der Waals surface area contributed by atoms with Gasteiger partial charge < -0.3 is 36.3 Å². The summed E-state index contributed by atoms with van der Waals surface area (Å²) < 4.78 is 18.2. The van der Waals surface area contributed by atoms with Crippen molar-refractivity contribution in [2.45, 2.75) is 6.92 Å². The van der Waals surface area contributed by atoms with Crippen molar-refractivity contribution >= 4 is 23.1 Å². The third-order valence-corrected chi connectivity index (χ3v) is 5.98. The fourth-order valence-electron chi connectivity index (χ4n) is 4.02. The number of fused-ring (bicyclic) bond motifs is 1. The zero-order valence-corrected chi connectivity index (χ0v) is 23.1. The first kappa shape index (κ1) is 29.5. The van der Waals surface area contributed by atoms with Gasteiger partial charge in [0.15, 0.2) is 11.5 Å². The number of carbonyl (C=O) groups is 1. The summed E-state index contributed by atoms with van der Waals surface area (Å²) in [6.07, 6.45) is 5.39. The molecule has 11 heteroatoms. The van der Waals surface area contributed by atoms with E-state index >= 15 is 0 Å². The molecule has 0 bridgehead atoms. The van der Waals surface area contributed by atoms with Crippen LogP contribution in [-0.2, 0) is 9.47 Å². The molecule has 2 heterocycles. The van der Waals surface area contributed by atoms with E-state index in [2.05, 4.69) is 32.4 Å². The Balaban J connectivity index is 1.39. The SMILES string of the molecule is Cc1cc(Nc2nccn3c(-c4ccc(OCC#CCOCCN)cc4)cnc23)ccc1C(=O)NCCOCCN. The van der Waals surface area contributed by atoms with Crippen molar-refractivity contribution in [1.29, 1.82) is 0 Å². The number of carbonyl (C=O) groups excluding carboxylic acids is 1. The Labute approximate surface area is 239 Å². The van der Waals surface area contributed by atoms with E-state index in [1.807, 2.05) is 53.9 Å². The molecule has 0 radical (unpaired) electrons. The van der Waals surface area contributed by atoms with Crippen molar-refractivity contribution in [1.82, 2.24) is 19.7 Å². The highest BCUT2D eigenvalue weighted by Gasteiger charge is 2.13. The third kappa shape index (κ3) is 8.26. The smallest absolute Gasteiger partial charge is 0.251 e. The summed E-state index contributed by atoms with van der Waals surface area (Å²) in [4.78, 5) is 21.7. The maximum Gasteiger partial charge on any atom is 0.251 e. The molecule has 0 fully saturated rings. The van der Waals surface area contributed by atoms with E-state index in [-0.39, 0.29) is 12.5 Å². The normalized spacial score (nSPS) is 10.7. The number of anilines is 2. The number of hydrogen-bond donors (Lipinski definition) is 4. The Hall–Kier alpha value is -4.47. The Morgan fingerprint density at radius 2 is 1.76 bits per heavy atom. The Morgan fingerprint density at radius 3 is 2.54 bits per heavy atom. The van der Waals surface area contributed by atoms with Gasteiger partial charge >= 0.3 is 0 Å². The molecule has 11 nitrogen and oxygen atoms in total. The molecular formula is C30H35N7O4. The van der Waals surface area contributed by atoms with Crippen LogP contribution in [-0.4, -0.2) is 72.9 Å². The minimum atomic E-state index is -0.152. The quantitative estimate of drug-likeness (QED) is 0.135. The molecule has 2 aromatic carbocycles. The fraction of sp³-hybridized carbons (Fsp3) is 0.300. The highest BCUT2D eigenvalue weighted by molar-refractivity contribution is 5.96. The number of aromatic nitrogens is 3. The monoisotopic (exact) mass is 557 g/mol. The van der Waals surface area contributed by atoms with Gasteiger partial charge in [-0.15, -0.1) is 0 Å². The zero-order valence-electron chi connectivity index (χ0n) is 23.1. The summed E-state index contributed by atoms with van der Waals surface area (Å²) in [6.45, 7) is 5.25. The van der Waals surface area contributed by atoms with Gasteiger partial charge in [0.2, 0.25) is 0 Å². The molecule has 0 spiro atoms. The van der Waals surface area contributed by atoms with Crippen LogP contribution in [0.4, 0.5) is 11.5 Å². The first-order chi connectivity index (χ1) is 20.1. The molecule has 214 valence electrons. The summed E-state index contributed by atoms with van der Waals surface area (Å²) in [7, 11) is 0. The van der Waals surface area contributed by atoms with Gasteiger partial charge in [0.25, 0.3) is 5.91 Å². The standard InChI is InChI=1S/C30H35N7O4/c1-22-20-24(6-9-26(22)30(38)34-13-19-40-18-11-32)36-28-29-35-21-27(37(29)14-12-33-28)23-4-7-25(8-5-23)41-16-3-2-15-39-17-10-31/h4-9,12,14,20-21H,10-11,13,15-19,31-32H2,1H3,(H,33,36)(H,34,38). The predicted octanol–water partition coefficient (Wildman–Crippen LogP) is 2.51. The lowest BCUT2D eigenvalue weighted by atomic mass is 10.1. The van der Waals surface area contributed by atoms with E-state index in [4.69, 9.17) is 25.7 Å². The van der Waals surface area contributed by atoms with E-state index in [1.54, 1.807) is 18.5 Å². The van der Waals surface area contributed by atoms with Gasteiger partial charge in [-0.1, -0.05) is 11.8 Å². The fourth-order valence-corrected chi connectivity index (χ4v) is 4.02. The molecule has 4 rings (SSSR count). The Kier molecular flexibility index (Phi) is 11.1. The minimum absolute atomic E-state index is 0.152. The molecular weight excluding hydrogens is 522 g/mol. The highest BCUT2D eigenvalue weighted by Crippen LogP contribution is 2.27. The van der Waals surface area contributed by atoms with Crippen LogP contribution in [0.3, 0.4) is 0 Å². The second-order valence-electron chi connectivity index (χ2n) is 8.93. The maximum atomic E-state index is 12.6. The van der Waals surface area contributed by atoms with Gasteiger partial charge in [0.05, 0.1) is 31.7 Å². The molecule has 0 aliphatic rings. The van der Waals surface area contributed by atoms with Crippen molar-refractivity contribution in [3.8, 4) is 28.8 Å². The molecule has 41 heavy (non-hydrogen) atoms. The first-order valence-electron chi connectivity index (χ1n) is 13.3. The topological polar surface area (TPSA) is 151 Å². The summed E-state index contributed by atoms with van der Waals surface area (Å²) in [5.74, 6) is 6.97. The van der Waals surface area contributed by atoms with Gasteiger partial charge in [-0.2, -0.15) is 0 Å². The number of aryl methyl sites for hydroxylation is 1. The van der Waals surface area contributed by atoms with E-state index in [0.717, 1.165) is 28.3 Å². The molecule has 0 aliphatic heterocycles. The van der Waals surface area contributed by atoms with E-state index in [1.165, 1.54) is 0 Å². The number of nitrogens with zero attached hydrogens (tertiary/aromatic N) is 3. The Morgan fingerprint density at radius 1 is 0.976 bits per heavy atom. The predicted molar refractivity (Wildman–Crippen MR) is 158 cm³/mol. The van der Waals surface area contributed by atoms with Crippen LogP contribution in [0, 0.1) is 18.8 Å². The highest BCUT2D eigenvalue weighted by atomic mass is 16.5. The van der Waals surface area contributed by atoms with Crippen LogP contribution in [0.5, 0.6) is 5.75 Å². The van der Waals surface area contributed by atoms with Crippen molar-refractivity contribution in [2.75, 3.05) is 58.0 Å². The largest absolute Gasteiger partial charge is 0.481 e. The van der Waals surface area contributed by atoms with Gasteiger partial charge in [0, 0.05) is 48.8 Å². The van der Waals surface area contributed by atoms with Crippen molar-refractivity contribution in [2.24, 2.45) is 11.5 Å². The lowest BCUT2D eigenvalue weighted by Gasteiger charge is -2.12. The van der Waals surface area contributed by atoms with Crippen LogP contribution < -0.4 is 26.8 Å². The second kappa shape index (κ2) is 15.4. The number of ether oxygens (including phenoxy) is 3. The number of nitrogens with one attached hydrogen (secondary N) is 2. The molecule has 0 unspecified atom stereocenters. The number of nitrogens with two attached hydrogens (primary N) is 2. The number of imidazole rings is 1. The van der Waals surface area contributed by atoms with Gasteiger partial charge in [0.1, 0.15) is 19.0 Å². The summed E-state index contributed by atoms with van der Waals surface area (Å²) >= 11 is 0. The van der Waals surface area contributed by atoms with Crippen molar-refractivity contribution < 1.29 is 19.0 Å². The van der Waals surface area contributed by atoms with Gasteiger partial charge in [-0.25, -0.2) is 9.97 Å². The van der Waals surface area contributed by atoms with Crippen LogP contribution in [0.15, 0.2) is 61.1 Å². The molecule has 4 aromatic rings. The number of amides is 1. The van der Waals surface area contributed by atoms with Crippen LogP contribution in [0.25, 0.3) is 16.9 Å². The second-order valence-corrected chi connectivity index (χ2v) is 8.93. The molecule has 1 amide bonds. The average Bonchev–Trinajstić information content (AvgIpc) is 3.42. The summed E-state index contributed by atoms with van der Waals surface area (Å²) in [5.41, 5.74) is 15.6. The van der Waals surface area contributed by atoms with E-state index in [0.29, 0.717) is 63.1 Å². The van der Waals surface area contributed by atoms with Gasteiger partial charge in [-0.3, -0.25) is 9.20 Å². The van der Waals surface area contributed by atoms with Crippen LogP contribution >= 0.6 is 0 Å². The molecule has 0 aliphatic carbocycles. The number of rotatable bonds is 14. The third-order valence-electron chi connectivity index (χ3n) is 5.98.